The summed E-state index contributed by atoms with van der Waals surface area (Å²) >= 11 is 1.88. The zero-order chi connectivity index (χ0) is 14.5. The minimum Gasteiger partial charge on any atom is -0.375 e. The molecule has 0 bridgehead atoms. The standard InChI is InChI=1S/C16H26N2OS/c1-4-13-11-19-12(3)10-18(13)15-7-6-8-16(20-5-2)14(15)9-17/h6-8,12-13H,4-5,9-11,17H2,1-3H3. The van der Waals surface area contributed by atoms with Crippen molar-refractivity contribution < 1.29 is 4.74 Å². The second-order valence-electron chi connectivity index (χ2n) is 5.25. The van der Waals surface area contributed by atoms with Gasteiger partial charge in [0.1, 0.15) is 0 Å². The second-order valence-corrected chi connectivity index (χ2v) is 6.56. The quantitative estimate of drug-likeness (QED) is 0.846. The van der Waals surface area contributed by atoms with Gasteiger partial charge in [0.15, 0.2) is 0 Å². The third-order valence-electron chi connectivity index (χ3n) is 3.86. The van der Waals surface area contributed by atoms with Crippen molar-refractivity contribution in [2.45, 2.75) is 50.8 Å². The molecule has 0 spiro atoms. The molecule has 1 fully saturated rings. The lowest BCUT2D eigenvalue weighted by molar-refractivity contribution is 0.0299. The number of anilines is 1. The zero-order valence-electron chi connectivity index (χ0n) is 12.8. The molecule has 4 heteroatoms. The maximum absolute atomic E-state index is 6.04. The van der Waals surface area contributed by atoms with Crippen molar-refractivity contribution in [3.05, 3.63) is 23.8 Å². The summed E-state index contributed by atoms with van der Waals surface area (Å²) in [5.41, 5.74) is 8.62. The van der Waals surface area contributed by atoms with Crippen molar-refractivity contribution in [3.8, 4) is 0 Å². The number of morpholine rings is 1. The summed E-state index contributed by atoms with van der Waals surface area (Å²) in [5, 5.41) is 0. The highest BCUT2D eigenvalue weighted by molar-refractivity contribution is 7.99. The topological polar surface area (TPSA) is 38.5 Å². The average Bonchev–Trinajstić information content (AvgIpc) is 2.47. The minimum absolute atomic E-state index is 0.283. The molecule has 0 saturated carbocycles. The van der Waals surface area contributed by atoms with Gasteiger partial charge in [-0.05, 0) is 31.2 Å². The zero-order valence-corrected chi connectivity index (χ0v) is 13.6. The molecule has 2 N–H and O–H groups in total. The summed E-state index contributed by atoms with van der Waals surface area (Å²) in [6.45, 7) is 8.91. The molecule has 1 heterocycles. The molecule has 20 heavy (non-hydrogen) atoms. The van der Waals surface area contributed by atoms with Crippen LogP contribution in [-0.4, -0.2) is 31.1 Å². The van der Waals surface area contributed by atoms with Gasteiger partial charge in [0.05, 0.1) is 18.8 Å². The van der Waals surface area contributed by atoms with Crippen molar-refractivity contribution in [3.63, 3.8) is 0 Å². The van der Waals surface area contributed by atoms with E-state index >= 15 is 0 Å². The van der Waals surface area contributed by atoms with Crippen molar-refractivity contribution in [1.29, 1.82) is 0 Å². The Bertz CT molecular complexity index is 438. The number of nitrogens with zero attached hydrogens (tertiary/aromatic N) is 1. The largest absolute Gasteiger partial charge is 0.375 e. The molecule has 2 atom stereocenters. The van der Waals surface area contributed by atoms with E-state index in [-0.39, 0.29) is 6.10 Å². The molecular formula is C16H26N2OS. The van der Waals surface area contributed by atoms with Crippen LogP contribution in [0.3, 0.4) is 0 Å². The lowest BCUT2D eigenvalue weighted by atomic mass is 10.1. The number of ether oxygens (including phenoxy) is 1. The van der Waals surface area contributed by atoms with Crippen LogP contribution in [0.15, 0.2) is 23.1 Å². The van der Waals surface area contributed by atoms with Crippen LogP contribution in [-0.2, 0) is 11.3 Å². The maximum atomic E-state index is 6.04. The van der Waals surface area contributed by atoms with E-state index in [1.54, 1.807) is 0 Å². The van der Waals surface area contributed by atoms with Crippen LogP contribution >= 0.6 is 11.8 Å². The van der Waals surface area contributed by atoms with Crippen LogP contribution in [0.4, 0.5) is 5.69 Å². The fourth-order valence-electron chi connectivity index (χ4n) is 2.80. The first kappa shape index (κ1) is 15.7. The molecule has 0 aromatic heterocycles. The summed E-state index contributed by atoms with van der Waals surface area (Å²) < 4.78 is 5.81. The fourth-order valence-corrected chi connectivity index (χ4v) is 3.64. The summed E-state index contributed by atoms with van der Waals surface area (Å²) in [7, 11) is 0. The Morgan fingerprint density at radius 2 is 2.20 bits per heavy atom. The highest BCUT2D eigenvalue weighted by Crippen LogP contribution is 2.33. The molecule has 2 unspecified atom stereocenters. The minimum atomic E-state index is 0.283. The van der Waals surface area contributed by atoms with Gasteiger partial charge in [-0.2, -0.15) is 0 Å². The van der Waals surface area contributed by atoms with Gasteiger partial charge < -0.3 is 15.4 Å². The molecule has 0 radical (unpaired) electrons. The van der Waals surface area contributed by atoms with Crippen LogP contribution < -0.4 is 10.6 Å². The van der Waals surface area contributed by atoms with E-state index in [0.29, 0.717) is 12.6 Å². The summed E-state index contributed by atoms with van der Waals surface area (Å²) in [6, 6.07) is 7.01. The Balaban J connectivity index is 2.36. The van der Waals surface area contributed by atoms with Crippen molar-refractivity contribution in [2.24, 2.45) is 5.73 Å². The van der Waals surface area contributed by atoms with Gasteiger partial charge in [-0.3, -0.25) is 0 Å². The smallest absolute Gasteiger partial charge is 0.0723 e. The number of rotatable bonds is 5. The van der Waals surface area contributed by atoms with E-state index in [0.717, 1.165) is 25.3 Å². The van der Waals surface area contributed by atoms with Gasteiger partial charge >= 0.3 is 0 Å². The van der Waals surface area contributed by atoms with Gasteiger partial charge in [0.25, 0.3) is 0 Å². The molecule has 112 valence electrons. The average molecular weight is 294 g/mol. The van der Waals surface area contributed by atoms with E-state index in [1.807, 2.05) is 11.8 Å². The number of thioether (sulfide) groups is 1. The van der Waals surface area contributed by atoms with Crippen LogP contribution in [0, 0.1) is 0 Å². The molecule has 1 aliphatic rings. The van der Waals surface area contributed by atoms with Gasteiger partial charge in [-0.15, -0.1) is 11.8 Å². The Kier molecular flexibility index (Phi) is 5.75. The van der Waals surface area contributed by atoms with Gasteiger partial charge in [0, 0.05) is 29.2 Å². The molecule has 0 amide bonds. The molecule has 3 nitrogen and oxygen atoms in total. The van der Waals surface area contributed by atoms with Crippen molar-refractivity contribution in [1.82, 2.24) is 0 Å². The Labute approximate surface area is 126 Å². The molecule has 1 aromatic rings. The Morgan fingerprint density at radius 3 is 2.85 bits per heavy atom. The highest BCUT2D eigenvalue weighted by atomic mass is 32.2. The monoisotopic (exact) mass is 294 g/mol. The molecule has 1 aliphatic heterocycles. The van der Waals surface area contributed by atoms with Crippen LogP contribution in [0.5, 0.6) is 0 Å². The molecule has 1 aromatic carbocycles. The molecule has 2 rings (SSSR count). The van der Waals surface area contributed by atoms with Crippen LogP contribution in [0.1, 0.15) is 32.8 Å². The van der Waals surface area contributed by atoms with Crippen LogP contribution in [0.25, 0.3) is 0 Å². The van der Waals surface area contributed by atoms with Crippen LogP contribution in [0.2, 0.25) is 0 Å². The third-order valence-corrected chi connectivity index (χ3v) is 4.84. The Morgan fingerprint density at radius 1 is 1.40 bits per heavy atom. The van der Waals surface area contributed by atoms with Crippen molar-refractivity contribution in [2.75, 3.05) is 23.8 Å². The normalized spacial score (nSPS) is 23.1. The summed E-state index contributed by atoms with van der Waals surface area (Å²) in [4.78, 5) is 3.82. The van der Waals surface area contributed by atoms with E-state index < -0.39 is 0 Å². The van der Waals surface area contributed by atoms with Crippen molar-refractivity contribution >= 4 is 17.4 Å². The third kappa shape index (κ3) is 3.30. The first-order valence-electron chi connectivity index (χ1n) is 7.54. The first-order chi connectivity index (χ1) is 9.71. The van der Waals surface area contributed by atoms with E-state index in [4.69, 9.17) is 10.5 Å². The number of benzene rings is 1. The second kappa shape index (κ2) is 7.34. The molecule has 0 aliphatic carbocycles. The lowest BCUT2D eigenvalue weighted by Crippen LogP contribution is -2.49. The molecular weight excluding hydrogens is 268 g/mol. The van der Waals surface area contributed by atoms with E-state index in [9.17, 15) is 0 Å². The Hall–Kier alpha value is -0.710. The van der Waals surface area contributed by atoms with Gasteiger partial charge in [0.2, 0.25) is 0 Å². The lowest BCUT2D eigenvalue weighted by Gasteiger charge is -2.41. The SMILES string of the molecule is CCSc1cccc(N2CC(C)OCC2CC)c1CN. The summed E-state index contributed by atoms with van der Waals surface area (Å²) in [6.07, 6.45) is 1.38. The van der Waals surface area contributed by atoms with E-state index in [1.165, 1.54) is 16.1 Å². The van der Waals surface area contributed by atoms with E-state index in [2.05, 4.69) is 43.9 Å². The fraction of sp³-hybridized carbons (Fsp3) is 0.625. The number of hydrogen-bond donors (Lipinski definition) is 1. The summed E-state index contributed by atoms with van der Waals surface area (Å²) in [5.74, 6) is 1.08. The maximum Gasteiger partial charge on any atom is 0.0723 e. The predicted molar refractivity (Wildman–Crippen MR) is 87.6 cm³/mol. The molecule has 1 saturated heterocycles. The van der Waals surface area contributed by atoms with Gasteiger partial charge in [-0.25, -0.2) is 0 Å². The predicted octanol–water partition coefficient (Wildman–Crippen LogP) is 3.26. The highest BCUT2D eigenvalue weighted by Gasteiger charge is 2.27. The van der Waals surface area contributed by atoms with Gasteiger partial charge in [-0.1, -0.05) is 19.9 Å². The number of hydrogen-bond acceptors (Lipinski definition) is 4. The first-order valence-corrected chi connectivity index (χ1v) is 8.52. The number of nitrogens with two attached hydrogens (primary N) is 1.